The molecule has 15 heavy (non-hydrogen) atoms. The van der Waals surface area contributed by atoms with Crippen LogP contribution in [0.1, 0.15) is 19.8 Å². The first-order valence-electron chi connectivity index (χ1n) is 5.80. The Hall–Kier alpha value is -0.610. The highest BCUT2D eigenvalue weighted by Crippen LogP contribution is 2.30. The van der Waals surface area contributed by atoms with Crippen molar-refractivity contribution in [3.8, 4) is 0 Å². The Morgan fingerprint density at radius 3 is 3.00 bits per heavy atom. The van der Waals surface area contributed by atoms with E-state index in [1.54, 1.807) is 0 Å². The van der Waals surface area contributed by atoms with Crippen molar-refractivity contribution in [2.75, 3.05) is 26.9 Å². The van der Waals surface area contributed by atoms with Crippen molar-refractivity contribution >= 4 is 5.97 Å². The summed E-state index contributed by atoms with van der Waals surface area (Å²) in [6.07, 6.45) is 1.99. The number of carbonyl (C=O) groups excluding carboxylic acids is 1. The molecule has 86 valence electrons. The minimum Gasteiger partial charge on any atom is -0.465 e. The lowest BCUT2D eigenvalue weighted by atomic mass is 9.87. The van der Waals surface area contributed by atoms with Crippen molar-refractivity contribution in [3.63, 3.8) is 0 Å². The molecule has 0 saturated carbocycles. The highest BCUT2D eigenvalue weighted by Gasteiger charge is 2.37. The van der Waals surface area contributed by atoms with Crippen LogP contribution >= 0.6 is 0 Å². The van der Waals surface area contributed by atoms with Crippen molar-refractivity contribution in [2.45, 2.75) is 25.8 Å². The molecule has 0 aromatic rings. The molecular weight excluding hydrogens is 192 g/mol. The lowest BCUT2D eigenvalue weighted by Crippen LogP contribution is -2.31. The van der Waals surface area contributed by atoms with Crippen LogP contribution in [0.4, 0.5) is 0 Å². The van der Waals surface area contributed by atoms with Crippen LogP contribution in [0.5, 0.6) is 0 Å². The summed E-state index contributed by atoms with van der Waals surface area (Å²) in [7, 11) is 2.13. The SMILES string of the molecule is CC[C@@H]1C(=O)OC[C@H]1CC1CNCN1C. The van der Waals surface area contributed by atoms with Crippen molar-refractivity contribution in [2.24, 2.45) is 11.8 Å². The number of likely N-dealkylation sites (N-methyl/N-ethyl adjacent to an activating group) is 1. The van der Waals surface area contributed by atoms with E-state index in [1.165, 1.54) is 0 Å². The van der Waals surface area contributed by atoms with Gasteiger partial charge >= 0.3 is 5.97 Å². The van der Waals surface area contributed by atoms with Crippen LogP contribution in [0.2, 0.25) is 0 Å². The molecule has 0 bridgehead atoms. The van der Waals surface area contributed by atoms with Gasteiger partial charge in [-0.2, -0.15) is 0 Å². The van der Waals surface area contributed by atoms with E-state index in [2.05, 4.69) is 24.2 Å². The van der Waals surface area contributed by atoms with Gasteiger partial charge in [0, 0.05) is 25.2 Å². The molecule has 2 heterocycles. The van der Waals surface area contributed by atoms with Gasteiger partial charge < -0.3 is 10.1 Å². The largest absolute Gasteiger partial charge is 0.465 e. The van der Waals surface area contributed by atoms with Gasteiger partial charge in [-0.3, -0.25) is 9.69 Å². The van der Waals surface area contributed by atoms with Crippen molar-refractivity contribution in [3.05, 3.63) is 0 Å². The molecule has 2 aliphatic heterocycles. The maximum Gasteiger partial charge on any atom is 0.309 e. The Balaban J connectivity index is 1.91. The summed E-state index contributed by atoms with van der Waals surface area (Å²) in [6.45, 7) is 4.70. The van der Waals surface area contributed by atoms with Gasteiger partial charge in [-0.15, -0.1) is 0 Å². The number of cyclic esters (lactones) is 1. The molecule has 1 N–H and O–H groups in total. The van der Waals surface area contributed by atoms with Crippen LogP contribution in [0.25, 0.3) is 0 Å². The molecule has 3 atom stereocenters. The van der Waals surface area contributed by atoms with Gasteiger partial charge in [0.15, 0.2) is 0 Å². The minimum absolute atomic E-state index is 0.0103. The van der Waals surface area contributed by atoms with Gasteiger partial charge in [-0.1, -0.05) is 6.92 Å². The summed E-state index contributed by atoms with van der Waals surface area (Å²) < 4.78 is 5.14. The average Bonchev–Trinajstić information content (AvgIpc) is 2.76. The van der Waals surface area contributed by atoms with Gasteiger partial charge in [0.2, 0.25) is 0 Å². The molecule has 0 spiro atoms. The highest BCUT2D eigenvalue weighted by molar-refractivity contribution is 5.74. The summed E-state index contributed by atoms with van der Waals surface area (Å²) in [5.41, 5.74) is 0. The predicted molar refractivity (Wildman–Crippen MR) is 57.3 cm³/mol. The zero-order chi connectivity index (χ0) is 10.8. The van der Waals surface area contributed by atoms with Crippen LogP contribution < -0.4 is 5.32 Å². The van der Waals surface area contributed by atoms with Gasteiger partial charge in [0.05, 0.1) is 12.5 Å². The van der Waals surface area contributed by atoms with E-state index in [0.717, 1.165) is 26.1 Å². The monoisotopic (exact) mass is 212 g/mol. The maximum absolute atomic E-state index is 11.4. The summed E-state index contributed by atoms with van der Waals surface area (Å²) in [5.74, 6) is 0.574. The number of hydrogen-bond donors (Lipinski definition) is 1. The van der Waals surface area contributed by atoms with Crippen LogP contribution in [0.3, 0.4) is 0 Å². The second-order valence-electron chi connectivity index (χ2n) is 4.66. The van der Waals surface area contributed by atoms with Gasteiger partial charge in [-0.05, 0) is 19.9 Å². The molecule has 0 radical (unpaired) electrons. The van der Waals surface area contributed by atoms with Crippen LogP contribution in [0.15, 0.2) is 0 Å². The number of nitrogens with zero attached hydrogens (tertiary/aromatic N) is 1. The number of nitrogens with one attached hydrogen (secondary N) is 1. The molecule has 1 unspecified atom stereocenters. The zero-order valence-corrected chi connectivity index (χ0v) is 9.53. The van der Waals surface area contributed by atoms with Crippen molar-refractivity contribution < 1.29 is 9.53 Å². The Labute approximate surface area is 91.0 Å². The highest BCUT2D eigenvalue weighted by atomic mass is 16.5. The minimum atomic E-state index is 0.0103. The topological polar surface area (TPSA) is 41.6 Å². The second kappa shape index (κ2) is 4.49. The first kappa shape index (κ1) is 10.9. The Bertz CT molecular complexity index is 245. The number of rotatable bonds is 3. The molecule has 2 saturated heterocycles. The van der Waals surface area contributed by atoms with Gasteiger partial charge in [0.25, 0.3) is 0 Å². The fraction of sp³-hybridized carbons (Fsp3) is 0.909. The normalized spacial score (nSPS) is 37.2. The smallest absolute Gasteiger partial charge is 0.309 e. The maximum atomic E-state index is 11.4. The molecule has 0 aromatic heterocycles. The molecule has 0 aromatic carbocycles. The van der Waals surface area contributed by atoms with E-state index >= 15 is 0 Å². The summed E-state index contributed by atoms with van der Waals surface area (Å²) in [4.78, 5) is 13.7. The van der Waals surface area contributed by atoms with Crippen molar-refractivity contribution in [1.29, 1.82) is 0 Å². The standard InChI is InChI=1S/C11H20N2O2/c1-3-10-8(6-15-11(10)14)4-9-5-12-7-13(9)2/h8-10,12H,3-7H2,1-2H3/t8-,9?,10+/m1/s1. The van der Waals surface area contributed by atoms with Gasteiger partial charge in [-0.25, -0.2) is 0 Å². The number of carbonyl (C=O) groups is 1. The molecule has 4 nitrogen and oxygen atoms in total. The lowest BCUT2D eigenvalue weighted by Gasteiger charge is -2.22. The summed E-state index contributed by atoms with van der Waals surface area (Å²) in [6, 6.07) is 0.568. The summed E-state index contributed by atoms with van der Waals surface area (Å²) >= 11 is 0. The van der Waals surface area contributed by atoms with Crippen LogP contribution in [-0.2, 0) is 9.53 Å². The second-order valence-corrected chi connectivity index (χ2v) is 4.66. The van der Waals surface area contributed by atoms with Crippen molar-refractivity contribution in [1.82, 2.24) is 10.2 Å². The van der Waals surface area contributed by atoms with E-state index in [-0.39, 0.29) is 11.9 Å². The number of hydrogen-bond acceptors (Lipinski definition) is 4. The molecule has 0 amide bonds. The molecule has 2 fully saturated rings. The zero-order valence-electron chi connectivity index (χ0n) is 9.53. The number of esters is 1. The third-order valence-electron chi connectivity index (χ3n) is 3.69. The fourth-order valence-corrected chi connectivity index (χ4v) is 2.64. The predicted octanol–water partition coefficient (Wildman–Crippen LogP) is 0.437. The lowest BCUT2D eigenvalue weighted by molar-refractivity contribution is -0.141. The quantitative estimate of drug-likeness (QED) is 0.689. The third-order valence-corrected chi connectivity index (χ3v) is 3.69. The van der Waals surface area contributed by atoms with E-state index < -0.39 is 0 Å². The van der Waals surface area contributed by atoms with Crippen LogP contribution in [0, 0.1) is 11.8 Å². The third kappa shape index (κ3) is 2.16. The van der Waals surface area contributed by atoms with E-state index in [1.807, 2.05) is 0 Å². The molecular formula is C11H20N2O2. The van der Waals surface area contributed by atoms with E-state index in [0.29, 0.717) is 18.6 Å². The van der Waals surface area contributed by atoms with E-state index in [4.69, 9.17) is 4.74 Å². The molecule has 2 rings (SSSR count). The Kier molecular flexibility index (Phi) is 3.26. The van der Waals surface area contributed by atoms with Gasteiger partial charge in [0.1, 0.15) is 0 Å². The Morgan fingerprint density at radius 1 is 1.60 bits per heavy atom. The first-order chi connectivity index (χ1) is 7.22. The first-order valence-corrected chi connectivity index (χ1v) is 5.80. The van der Waals surface area contributed by atoms with E-state index in [9.17, 15) is 4.79 Å². The molecule has 2 aliphatic rings. The molecule has 4 heteroatoms. The average molecular weight is 212 g/mol. The molecule has 0 aliphatic carbocycles. The summed E-state index contributed by atoms with van der Waals surface area (Å²) in [5, 5.41) is 3.34. The number of ether oxygens (including phenoxy) is 1. The Morgan fingerprint density at radius 2 is 2.40 bits per heavy atom. The van der Waals surface area contributed by atoms with Crippen LogP contribution in [-0.4, -0.2) is 43.8 Å². The fourth-order valence-electron chi connectivity index (χ4n) is 2.64.